The lowest BCUT2D eigenvalue weighted by atomic mass is 10.1. The van der Waals surface area contributed by atoms with Gasteiger partial charge in [-0.05, 0) is 45.8 Å². The molecule has 0 aliphatic rings. The number of nitriles is 1. The Labute approximate surface area is 132 Å². The van der Waals surface area contributed by atoms with Gasteiger partial charge in [0.15, 0.2) is 0 Å². The van der Waals surface area contributed by atoms with Crippen molar-refractivity contribution >= 4 is 21.6 Å². The highest BCUT2D eigenvalue weighted by Gasteiger charge is 2.09. The number of methoxy groups -OCH3 is 2. The van der Waals surface area contributed by atoms with Crippen LogP contribution < -0.4 is 14.8 Å². The van der Waals surface area contributed by atoms with E-state index >= 15 is 0 Å². The van der Waals surface area contributed by atoms with Crippen molar-refractivity contribution in [3.8, 4) is 17.6 Å². The van der Waals surface area contributed by atoms with Crippen LogP contribution in [0.15, 0.2) is 40.9 Å². The molecule has 0 amide bonds. The zero-order chi connectivity index (χ0) is 15.2. The lowest BCUT2D eigenvalue weighted by Gasteiger charge is -2.13. The van der Waals surface area contributed by atoms with E-state index in [1.165, 1.54) is 0 Å². The van der Waals surface area contributed by atoms with E-state index in [1.54, 1.807) is 26.4 Å². The zero-order valence-electron chi connectivity index (χ0n) is 11.8. The molecule has 0 fully saturated rings. The Bertz CT molecular complexity index is 680. The molecule has 0 aromatic heterocycles. The molecule has 0 aliphatic carbocycles. The van der Waals surface area contributed by atoms with Crippen molar-refractivity contribution in [2.45, 2.75) is 6.54 Å². The van der Waals surface area contributed by atoms with Gasteiger partial charge in [0.1, 0.15) is 17.6 Å². The van der Waals surface area contributed by atoms with E-state index in [0.717, 1.165) is 15.8 Å². The summed E-state index contributed by atoms with van der Waals surface area (Å²) < 4.78 is 11.4. The maximum Gasteiger partial charge on any atom is 0.143 e. The molecule has 21 heavy (non-hydrogen) atoms. The summed E-state index contributed by atoms with van der Waals surface area (Å²) >= 11 is 3.46. The first-order valence-electron chi connectivity index (χ1n) is 6.33. The van der Waals surface area contributed by atoms with Crippen molar-refractivity contribution in [3.05, 3.63) is 52.0 Å². The van der Waals surface area contributed by atoms with Gasteiger partial charge in [-0.25, -0.2) is 0 Å². The molecule has 2 aromatic carbocycles. The first-order chi connectivity index (χ1) is 10.2. The van der Waals surface area contributed by atoms with E-state index in [2.05, 4.69) is 27.3 Å². The molecule has 0 spiro atoms. The van der Waals surface area contributed by atoms with Gasteiger partial charge in [-0.3, -0.25) is 0 Å². The molecule has 0 aliphatic heterocycles. The average molecular weight is 347 g/mol. The summed E-state index contributed by atoms with van der Waals surface area (Å²) in [5.74, 6) is 1.44. The number of nitrogens with zero attached hydrogens (tertiary/aromatic N) is 1. The fraction of sp³-hybridized carbons (Fsp3) is 0.188. The van der Waals surface area contributed by atoms with Crippen molar-refractivity contribution in [2.75, 3.05) is 19.5 Å². The van der Waals surface area contributed by atoms with Gasteiger partial charge < -0.3 is 14.8 Å². The topological polar surface area (TPSA) is 54.3 Å². The molecular formula is C16H15BrN2O2. The second-order valence-corrected chi connectivity index (χ2v) is 5.17. The SMILES string of the molecule is COc1ccc(CNc2c(C#N)cccc2OC)cc1Br. The fourth-order valence-electron chi connectivity index (χ4n) is 1.99. The molecule has 0 atom stereocenters. The van der Waals surface area contributed by atoms with Crippen LogP contribution >= 0.6 is 15.9 Å². The normalized spacial score (nSPS) is 9.81. The van der Waals surface area contributed by atoms with Crippen LogP contribution in [0.5, 0.6) is 11.5 Å². The molecule has 0 unspecified atom stereocenters. The number of halogens is 1. The minimum atomic E-state index is 0.557. The highest BCUT2D eigenvalue weighted by Crippen LogP contribution is 2.29. The summed E-state index contributed by atoms with van der Waals surface area (Å²) in [4.78, 5) is 0. The number of para-hydroxylation sites is 1. The number of nitrogens with one attached hydrogen (secondary N) is 1. The van der Waals surface area contributed by atoms with Crippen molar-refractivity contribution in [2.24, 2.45) is 0 Å². The Morgan fingerprint density at radius 2 is 1.90 bits per heavy atom. The largest absolute Gasteiger partial charge is 0.496 e. The summed E-state index contributed by atoms with van der Waals surface area (Å²) in [6, 6.07) is 13.4. The van der Waals surface area contributed by atoms with Crippen LogP contribution in [0.1, 0.15) is 11.1 Å². The monoisotopic (exact) mass is 346 g/mol. The first-order valence-corrected chi connectivity index (χ1v) is 7.12. The third-order valence-electron chi connectivity index (χ3n) is 3.05. The van der Waals surface area contributed by atoms with E-state index in [4.69, 9.17) is 9.47 Å². The molecule has 1 N–H and O–H groups in total. The smallest absolute Gasteiger partial charge is 0.143 e. The predicted molar refractivity (Wildman–Crippen MR) is 85.7 cm³/mol. The number of ether oxygens (including phenoxy) is 2. The quantitative estimate of drug-likeness (QED) is 0.890. The molecule has 0 heterocycles. The van der Waals surface area contributed by atoms with Crippen LogP contribution in [-0.2, 0) is 6.54 Å². The van der Waals surface area contributed by atoms with E-state index < -0.39 is 0 Å². The predicted octanol–water partition coefficient (Wildman–Crippen LogP) is 3.95. The van der Waals surface area contributed by atoms with Gasteiger partial charge in [-0.15, -0.1) is 0 Å². The standard InChI is InChI=1S/C16H15BrN2O2/c1-20-14-7-6-11(8-13(14)17)10-19-16-12(9-18)4-3-5-15(16)21-2/h3-8,19H,10H2,1-2H3. The molecule has 2 rings (SSSR count). The van der Waals surface area contributed by atoms with Gasteiger partial charge in [-0.2, -0.15) is 5.26 Å². The third kappa shape index (κ3) is 3.47. The Morgan fingerprint density at radius 3 is 2.52 bits per heavy atom. The Balaban J connectivity index is 2.20. The number of benzene rings is 2. The number of anilines is 1. The minimum Gasteiger partial charge on any atom is -0.496 e. The Kier molecular flexibility index (Phi) is 5.07. The summed E-state index contributed by atoms with van der Waals surface area (Å²) in [6.45, 7) is 0.581. The molecule has 0 saturated carbocycles. The van der Waals surface area contributed by atoms with E-state index in [1.807, 2.05) is 24.3 Å². The second kappa shape index (κ2) is 7.00. The first kappa shape index (κ1) is 15.2. The molecule has 108 valence electrons. The summed E-state index contributed by atoms with van der Waals surface area (Å²) in [6.07, 6.45) is 0. The Hall–Kier alpha value is -2.19. The number of hydrogen-bond acceptors (Lipinski definition) is 4. The van der Waals surface area contributed by atoms with E-state index in [9.17, 15) is 5.26 Å². The molecule has 4 nitrogen and oxygen atoms in total. The third-order valence-corrected chi connectivity index (χ3v) is 3.67. The number of rotatable bonds is 5. The second-order valence-electron chi connectivity index (χ2n) is 4.32. The van der Waals surface area contributed by atoms with Gasteiger partial charge in [0, 0.05) is 6.54 Å². The van der Waals surface area contributed by atoms with Crippen LogP contribution in [0.3, 0.4) is 0 Å². The van der Waals surface area contributed by atoms with Gasteiger partial charge in [-0.1, -0.05) is 12.1 Å². The van der Waals surface area contributed by atoms with Gasteiger partial charge in [0.25, 0.3) is 0 Å². The molecule has 5 heteroatoms. The summed E-state index contributed by atoms with van der Waals surface area (Å²) in [5, 5.41) is 12.4. The molecule has 2 aromatic rings. The lowest BCUT2D eigenvalue weighted by Crippen LogP contribution is -2.03. The van der Waals surface area contributed by atoms with Crippen LogP contribution in [0.2, 0.25) is 0 Å². The van der Waals surface area contributed by atoms with Gasteiger partial charge in [0.05, 0.1) is 29.9 Å². The van der Waals surface area contributed by atoms with E-state index in [-0.39, 0.29) is 0 Å². The van der Waals surface area contributed by atoms with Crippen LogP contribution in [0, 0.1) is 11.3 Å². The van der Waals surface area contributed by atoms with Crippen molar-refractivity contribution in [3.63, 3.8) is 0 Å². The maximum absolute atomic E-state index is 9.18. The van der Waals surface area contributed by atoms with Crippen molar-refractivity contribution in [1.82, 2.24) is 0 Å². The van der Waals surface area contributed by atoms with Gasteiger partial charge >= 0.3 is 0 Å². The van der Waals surface area contributed by atoms with Crippen molar-refractivity contribution < 1.29 is 9.47 Å². The minimum absolute atomic E-state index is 0.557. The molecule has 0 bridgehead atoms. The maximum atomic E-state index is 9.18. The fourth-order valence-corrected chi connectivity index (χ4v) is 2.58. The van der Waals surface area contributed by atoms with Gasteiger partial charge in [0.2, 0.25) is 0 Å². The summed E-state index contributed by atoms with van der Waals surface area (Å²) in [7, 11) is 3.22. The lowest BCUT2D eigenvalue weighted by molar-refractivity contribution is 0.412. The molecule has 0 saturated heterocycles. The molecular weight excluding hydrogens is 332 g/mol. The highest BCUT2D eigenvalue weighted by atomic mass is 79.9. The van der Waals surface area contributed by atoms with E-state index in [0.29, 0.717) is 23.5 Å². The zero-order valence-corrected chi connectivity index (χ0v) is 13.4. The van der Waals surface area contributed by atoms with Crippen LogP contribution in [-0.4, -0.2) is 14.2 Å². The highest BCUT2D eigenvalue weighted by molar-refractivity contribution is 9.10. The Morgan fingerprint density at radius 1 is 1.14 bits per heavy atom. The summed E-state index contributed by atoms with van der Waals surface area (Å²) in [5.41, 5.74) is 2.33. The van der Waals surface area contributed by atoms with Crippen LogP contribution in [0.25, 0.3) is 0 Å². The van der Waals surface area contributed by atoms with Crippen LogP contribution in [0.4, 0.5) is 5.69 Å². The average Bonchev–Trinajstić information content (AvgIpc) is 2.52. The van der Waals surface area contributed by atoms with Crippen molar-refractivity contribution in [1.29, 1.82) is 5.26 Å². The molecule has 0 radical (unpaired) electrons. The number of hydrogen-bond donors (Lipinski definition) is 1.